The van der Waals surface area contributed by atoms with Gasteiger partial charge in [-0.2, -0.15) is 0 Å². The number of cyclic esters (lactones) is 1. The van der Waals surface area contributed by atoms with Crippen LogP contribution in [0.15, 0.2) is 60.7 Å². The zero-order chi connectivity index (χ0) is 27.1. The van der Waals surface area contributed by atoms with E-state index in [1.165, 1.54) is 6.42 Å². The molecule has 0 N–H and O–H groups in total. The quantitative estimate of drug-likeness (QED) is 0.236. The largest absolute Gasteiger partial charge is 0.497 e. The van der Waals surface area contributed by atoms with Crippen molar-refractivity contribution < 1.29 is 33.2 Å². The van der Waals surface area contributed by atoms with Crippen molar-refractivity contribution in [1.29, 1.82) is 0 Å². The molecule has 5 rings (SSSR count). The van der Waals surface area contributed by atoms with Gasteiger partial charge in [-0.1, -0.05) is 55.0 Å². The first-order chi connectivity index (χ1) is 19.1. The molecule has 0 unspecified atom stereocenters. The second-order valence-electron chi connectivity index (χ2n) is 10.3. The number of rotatable bonds is 7. The van der Waals surface area contributed by atoms with Crippen LogP contribution in [0.3, 0.4) is 0 Å². The van der Waals surface area contributed by atoms with E-state index < -0.39 is 11.8 Å². The van der Waals surface area contributed by atoms with Gasteiger partial charge in [-0.3, -0.25) is 0 Å². The summed E-state index contributed by atoms with van der Waals surface area (Å²) in [6.07, 6.45) is 13.6. The number of hydrogen-bond acceptors (Lipinski definition) is 7. The maximum absolute atomic E-state index is 13.4. The van der Waals surface area contributed by atoms with Gasteiger partial charge in [0.2, 0.25) is 0 Å². The highest BCUT2D eigenvalue weighted by molar-refractivity contribution is 5.96. The predicted molar refractivity (Wildman–Crippen MR) is 148 cm³/mol. The lowest BCUT2D eigenvalue weighted by Crippen LogP contribution is -2.33. The highest BCUT2D eigenvalue weighted by Crippen LogP contribution is 2.41. The number of carbonyl (C=O) groups excluding carboxylic acids is 1. The minimum Gasteiger partial charge on any atom is -0.497 e. The van der Waals surface area contributed by atoms with Crippen molar-refractivity contribution in [3.8, 4) is 11.5 Å². The summed E-state index contributed by atoms with van der Waals surface area (Å²) in [4.78, 5) is 13.4. The fourth-order valence-corrected chi connectivity index (χ4v) is 5.48. The molecule has 1 saturated heterocycles. The van der Waals surface area contributed by atoms with Gasteiger partial charge in [0.1, 0.15) is 35.4 Å². The smallest absolute Gasteiger partial charge is 0.342 e. The van der Waals surface area contributed by atoms with Crippen LogP contribution in [-0.2, 0) is 25.6 Å². The van der Waals surface area contributed by atoms with E-state index in [0.29, 0.717) is 37.4 Å². The van der Waals surface area contributed by atoms with E-state index in [-0.39, 0.29) is 18.3 Å². The summed E-state index contributed by atoms with van der Waals surface area (Å²) >= 11 is 0. The van der Waals surface area contributed by atoms with E-state index in [1.54, 1.807) is 20.3 Å². The van der Waals surface area contributed by atoms with E-state index in [0.717, 1.165) is 42.6 Å². The van der Waals surface area contributed by atoms with E-state index in [1.807, 2.05) is 54.6 Å². The molecule has 39 heavy (non-hydrogen) atoms. The summed E-state index contributed by atoms with van der Waals surface area (Å²) in [6.45, 7) is 0.921. The molecule has 3 aliphatic rings. The summed E-state index contributed by atoms with van der Waals surface area (Å²) in [6, 6.07) is 13.3. The van der Waals surface area contributed by atoms with Gasteiger partial charge >= 0.3 is 5.97 Å². The molecule has 0 amide bonds. The fourth-order valence-electron chi connectivity index (χ4n) is 5.48. The van der Waals surface area contributed by atoms with Crippen LogP contribution in [0.4, 0.5) is 0 Å². The van der Waals surface area contributed by atoms with E-state index in [2.05, 4.69) is 6.08 Å². The van der Waals surface area contributed by atoms with Crippen LogP contribution in [0, 0.1) is 0 Å². The van der Waals surface area contributed by atoms with Gasteiger partial charge < -0.3 is 28.4 Å². The van der Waals surface area contributed by atoms with Gasteiger partial charge in [-0.05, 0) is 42.2 Å². The van der Waals surface area contributed by atoms with Gasteiger partial charge in [0.25, 0.3) is 0 Å². The molecule has 1 spiro atoms. The number of carbonyl (C=O) groups is 1. The maximum atomic E-state index is 13.4. The Morgan fingerprint density at radius 1 is 0.923 bits per heavy atom. The monoisotopic (exact) mass is 534 g/mol. The van der Waals surface area contributed by atoms with Crippen molar-refractivity contribution in [3.63, 3.8) is 0 Å². The average Bonchev–Trinajstić information content (AvgIpc) is 3.29. The Hall–Kier alpha value is -3.13. The van der Waals surface area contributed by atoms with Crippen molar-refractivity contribution in [2.75, 3.05) is 20.8 Å². The van der Waals surface area contributed by atoms with Gasteiger partial charge in [0.15, 0.2) is 5.79 Å². The minimum atomic E-state index is -0.527. The Bertz CT molecular complexity index is 1160. The van der Waals surface area contributed by atoms with Crippen LogP contribution in [0.5, 0.6) is 11.5 Å². The number of benzene rings is 2. The third kappa shape index (κ3) is 6.72. The SMILES string of the molecule is COc1ccc(COCC[C@H]2C/C=C/[C@@H]3OC4(CCCCC4)O[C@H]3/C=C/c3cccc(OC)c3C(=O)O2)cc1. The second kappa shape index (κ2) is 12.8. The molecular weight excluding hydrogens is 496 g/mol. The molecule has 0 aromatic heterocycles. The summed E-state index contributed by atoms with van der Waals surface area (Å²) < 4.78 is 35.8. The molecule has 208 valence electrons. The van der Waals surface area contributed by atoms with Gasteiger partial charge in [0, 0.05) is 25.7 Å². The summed E-state index contributed by atoms with van der Waals surface area (Å²) in [7, 11) is 3.21. The highest BCUT2D eigenvalue weighted by Gasteiger charge is 2.46. The summed E-state index contributed by atoms with van der Waals surface area (Å²) in [5.74, 6) is 0.350. The number of ether oxygens (including phenoxy) is 6. The minimum absolute atomic E-state index is 0.199. The molecule has 0 radical (unpaired) electrons. The molecule has 1 aliphatic carbocycles. The van der Waals surface area contributed by atoms with Crippen molar-refractivity contribution >= 4 is 12.0 Å². The first-order valence-electron chi connectivity index (χ1n) is 13.9. The number of methoxy groups -OCH3 is 2. The third-order valence-electron chi connectivity index (χ3n) is 7.60. The number of esters is 1. The number of fused-ring (bicyclic) bond motifs is 2. The predicted octanol–water partition coefficient (Wildman–Crippen LogP) is 6.25. The van der Waals surface area contributed by atoms with Crippen molar-refractivity contribution in [2.24, 2.45) is 0 Å². The van der Waals surface area contributed by atoms with E-state index in [9.17, 15) is 4.79 Å². The van der Waals surface area contributed by atoms with Crippen LogP contribution in [-0.4, -0.2) is 50.9 Å². The first-order valence-corrected chi connectivity index (χ1v) is 13.9. The van der Waals surface area contributed by atoms with Gasteiger partial charge in [0.05, 0.1) is 27.4 Å². The molecule has 2 aromatic rings. The first kappa shape index (κ1) is 27.4. The molecule has 1 saturated carbocycles. The molecule has 7 nitrogen and oxygen atoms in total. The van der Waals surface area contributed by atoms with E-state index >= 15 is 0 Å². The Morgan fingerprint density at radius 3 is 2.44 bits per heavy atom. The van der Waals surface area contributed by atoms with Crippen LogP contribution >= 0.6 is 0 Å². The number of hydrogen-bond donors (Lipinski definition) is 0. The normalized spacial score (nSPS) is 25.9. The Morgan fingerprint density at radius 2 is 1.69 bits per heavy atom. The van der Waals surface area contributed by atoms with Crippen molar-refractivity contribution in [1.82, 2.24) is 0 Å². The van der Waals surface area contributed by atoms with Crippen LogP contribution in [0.25, 0.3) is 6.08 Å². The topological polar surface area (TPSA) is 72.5 Å². The van der Waals surface area contributed by atoms with Crippen LogP contribution < -0.4 is 9.47 Å². The lowest BCUT2D eigenvalue weighted by atomic mass is 9.94. The standard InChI is InChI=1S/C32H38O7/c1-34-25-15-12-23(13-16-25)22-36-21-18-26-9-7-10-27-28(39-32(38-27)19-4-3-5-20-32)17-14-24-8-6-11-29(35-2)30(24)31(33)37-26/h6-8,10-17,26-28H,3-5,9,18-22H2,1-2H3/b10-7+,17-14+/t26-,27+,28+/m1/s1. The molecule has 2 heterocycles. The summed E-state index contributed by atoms with van der Waals surface area (Å²) in [5, 5.41) is 0. The molecule has 2 aliphatic heterocycles. The van der Waals surface area contributed by atoms with Crippen LogP contribution in [0.1, 0.15) is 66.4 Å². The van der Waals surface area contributed by atoms with Gasteiger partial charge in [-0.15, -0.1) is 0 Å². The van der Waals surface area contributed by atoms with Crippen molar-refractivity contribution in [3.05, 3.63) is 77.4 Å². The zero-order valence-electron chi connectivity index (χ0n) is 22.8. The molecule has 2 fully saturated rings. The molecular formula is C32H38O7. The molecule has 3 atom stereocenters. The molecule has 0 bridgehead atoms. The molecule has 7 heteroatoms. The second-order valence-corrected chi connectivity index (χ2v) is 10.3. The highest BCUT2D eigenvalue weighted by atomic mass is 16.8. The maximum Gasteiger partial charge on any atom is 0.342 e. The molecule has 2 aromatic carbocycles. The Balaban J connectivity index is 1.33. The Labute approximate surface area is 230 Å². The fraction of sp³-hybridized carbons (Fsp3) is 0.469. The lowest BCUT2D eigenvalue weighted by Gasteiger charge is -2.31. The Kier molecular flexibility index (Phi) is 9.02. The van der Waals surface area contributed by atoms with Crippen molar-refractivity contribution in [2.45, 2.75) is 75.7 Å². The zero-order valence-corrected chi connectivity index (χ0v) is 22.8. The lowest BCUT2D eigenvalue weighted by molar-refractivity contribution is -0.187. The average molecular weight is 535 g/mol. The van der Waals surface area contributed by atoms with E-state index in [4.69, 9.17) is 28.4 Å². The van der Waals surface area contributed by atoms with Gasteiger partial charge in [-0.25, -0.2) is 4.79 Å². The summed E-state index contributed by atoms with van der Waals surface area (Å²) in [5.41, 5.74) is 2.19. The van der Waals surface area contributed by atoms with Crippen LogP contribution in [0.2, 0.25) is 0 Å². The third-order valence-corrected chi connectivity index (χ3v) is 7.60.